The van der Waals surface area contributed by atoms with E-state index in [1.165, 1.54) is 0 Å². The van der Waals surface area contributed by atoms with Crippen LogP contribution in [0.3, 0.4) is 0 Å². The van der Waals surface area contributed by atoms with Crippen molar-refractivity contribution in [3.8, 4) is 22.5 Å². The standard InChI is InChI=1S/C58H42N6/c1-6-20-43(21-7-1)56-42-57(44-22-8-2-9-23-44)60-58(59-56)64-54-36-18-34-52(40-54)62(46-26-12-4-13-27-46)50-32-16-30-48(38-50)61(45-24-10-3-11-25-45)49-31-17-33-51(39-49)63(47-28-14-5-15-29-47)53-35-19-37-55(64)41-53/h1-42H. The van der Waals surface area contributed by atoms with Gasteiger partial charge in [0.25, 0.3) is 0 Å². The number of benzene rings is 9. The quantitative estimate of drug-likeness (QED) is 0.166. The van der Waals surface area contributed by atoms with Crippen molar-refractivity contribution in [2.75, 3.05) is 19.6 Å². The van der Waals surface area contributed by atoms with Crippen LogP contribution in [0.5, 0.6) is 0 Å². The smallest absolute Gasteiger partial charge is 0.235 e. The van der Waals surface area contributed by atoms with E-state index in [4.69, 9.17) is 9.97 Å². The SMILES string of the molecule is c1ccc(-c2cc(-c3ccccc3)nc(N3c4cccc(c4)N(c4ccccc4)c4cccc(c4)N(c4ccccc4)c4cccc(c4)N(c4ccccc4)c4cccc3c4)n2)cc1. The molecule has 0 radical (unpaired) electrons. The van der Waals surface area contributed by atoms with E-state index in [1.807, 2.05) is 12.1 Å². The van der Waals surface area contributed by atoms with E-state index < -0.39 is 0 Å². The van der Waals surface area contributed by atoms with Gasteiger partial charge in [-0.15, -0.1) is 0 Å². The normalized spacial score (nSPS) is 12.2. The molecule has 6 heteroatoms. The van der Waals surface area contributed by atoms with Gasteiger partial charge in [0.1, 0.15) is 0 Å². The van der Waals surface area contributed by atoms with Crippen LogP contribution in [0.2, 0.25) is 0 Å². The molecule has 304 valence electrons. The molecular formula is C58H42N6. The average Bonchev–Trinajstić information content (AvgIpc) is 3.36. The minimum atomic E-state index is 0.552. The van der Waals surface area contributed by atoms with Gasteiger partial charge >= 0.3 is 0 Å². The maximum Gasteiger partial charge on any atom is 0.235 e. The molecule has 0 spiro atoms. The van der Waals surface area contributed by atoms with Crippen molar-refractivity contribution in [1.29, 1.82) is 0 Å². The first-order valence-electron chi connectivity index (χ1n) is 21.5. The summed E-state index contributed by atoms with van der Waals surface area (Å²) in [5.74, 6) is 0.552. The number of anilines is 12. The number of rotatable bonds is 6. The van der Waals surface area contributed by atoms with Gasteiger partial charge in [-0.3, -0.25) is 4.90 Å². The predicted octanol–water partition coefficient (Wildman–Crippen LogP) is 16.0. The molecule has 0 aliphatic carbocycles. The van der Waals surface area contributed by atoms with Gasteiger partial charge in [0.15, 0.2) is 0 Å². The lowest BCUT2D eigenvalue weighted by Gasteiger charge is -2.32. The van der Waals surface area contributed by atoms with Crippen molar-refractivity contribution in [3.63, 3.8) is 0 Å². The molecule has 8 bridgehead atoms. The molecule has 1 aliphatic heterocycles. The Morgan fingerprint density at radius 1 is 0.203 bits per heavy atom. The van der Waals surface area contributed by atoms with Crippen molar-refractivity contribution in [1.82, 2.24) is 9.97 Å². The van der Waals surface area contributed by atoms with Crippen molar-refractivity contribution in [2.45, 2.75) is 0 Å². The van der Waals surface area contributed by atoms with E-state index in [9.17, 15) is 0 Å². The first-order chi connectivity index (χ1) is 31.7. The van der Waals surface area contributed by atoms with Crippen LogP contribution in [0.1, 0.15) is 0 Å². The van der Waals surface area contributed by atoms with E-state index in [2.05, 4.69) is 262 Å². The summed E-state index contributed by atoms with van der Waals surface area (Å²) < 4.78 is 0. The molecule has 0 fully saturated rings. The Bertz CT molecular complexity index is 2990. The summed E-state index contributed by atoms with van der Waals surface area (Å²) in [6.45, 7) is 0. The van der Waals surface area contributed by atoms with Gasteiger partial charge in [-0.1, -0.05) is 140 Å². The second kappa shape index (κ2) is 17.0. The molecule has 0 atom stereocenters. The summed E-state index contributed by atoms with van der Waals surface area (Å²) in [6.07, 6.45) is 0. The van der Waals surface area contributed by atoms with Crippen LogP contribution < -0.4 is 19.6 Å². The number of nitrogens with zero attached hydrogens (tertiary/aromatic N) is 6. The van der Waals surface area contributed by atoms with E-state index in [0.717, 1.165) is 85.1 Å². The van der Waals surface area contributed by atoms with E-state index in [1.54, 1.807) is 0 Å². The van der Waals surface area contributed by atoms with Gasteiger partial charge in [-0.2, -0.15) is 0 Å². The van der Waals surface area contributed by atoms with E-state index in [0.29, 0.717) is 5.95 Å². The van der Waals surface area contributed by atoms with Crippen LogP contribution >= 0.6 is 0 Å². The molecule has 0 saturated carbocycles. The second-order valence-electron chi connectivity index (χ2n) is 15.6. The summed E-state index contributed by atoms with van der Waals surface area (Å²) in [5, 5.41) is 0. The fourth-order valence-electron chi connectivity index (χ4n) is 8.59. The van der Waals surface area contributed by atoms with Crippen molar-refractivity contribution in [3.05, 3.63) is 255 Å². The molecule has 64 heavy (non-hydrogen) atoms. The topological polar surface area (TPSA) is 38.7 Å². The van der Waals surface area contributed by atoms with Crippen LogP contribution in [0.4, 0.5) is 68.5 Å². The highest BCUT2D eigenvalue weighted by Gasteiger charge is 2.24. The van der Waals surface area contributed by atoms with Crippen LogP contribution in [0, 0.1) is 0 Å². The lowest BCUT2D eigenvalue weighted by Crippen LogP contribution is -2.17. The molecule has 0 saturated heterocycles. The summed E-state index contributed by atoms with van der Waals surface area (Å²) >= 11 is 0. The van der Waals surface area contributed by atoms with Crippen LogP contribution in [0.25, 0.3) is 22.5 Å². The van der Waals surface area contributed by atoms with Gasteiger partial charge in [0, 0.05) is 62.3 Å². The number of fused-ring (bicyclic) bond motifs is 8. The van der Waals surface area contributed by atoms with Gasteiger partial charge in [0.05, 0.1) is 22.8 Å². The summed E-state index contributed by atoms with van der Waals surface area (Å²) in [5.41, 5.74) is 14.7. The lowest BCUT2D eigenvalue weighted by molar-refractivity contribution is 1.08. The highest BCUT2D eigenvalue weighted by atomic mass is 15.3. The molecule has 11 rings (SSSR count). The Labute approximate surface area is 373 Å². The Balaban J connectivity index is 1.21. The van der Waals surface area contributed by atoms with Crippen molar-refractivity contribution in [2.24, 2.45) is 0 Å². The monoisotopic (exact) mass is 822 g/mol. The summed E-state index contributed by atoms with van der Waals surface area (Å²) in [7, 11) is 0. The number of hydrogen-bond donors (Lipinski definition) is 0. The van der Waals surface area contributed by atoms with E-state index in [-0.39, 0.29) is 0 Å². The predicted molar refractivity (Wildman–Crippen MR) is 265 cm³/mol. The maximum atomic E-state index is 5.40. The van der Waals surface area contributed by atoms with Gasteiger partial charge in [-0.25, -0.2) is 9.97 Å². The maximum absolute atomic E-state index is 5.40. The zero-order chi connectivity index (χ0) is 42.7. The molecule has 2 heterocycles. The Hall–Kier alpha value is -8.74. The minimum absolute atomic E-state index is 0.552. The summed E-state index contributed by atoms with van der Waals surface area (Å²) in [6, 6.07) is 89.5. The Kier molecular flexibility index (Phi) is 10.1. The molecule has 6 nitrogen and oxygen atoms in total. The molecule has 0 N–H and O–H groups in total. The first kappa shape index (κ1) is 38.2. The molecule has 0 unspecified atom stereocenters. The van der Waals surface area contributed by atoms with Crippen LogP contribution in [0.15, 0.2) is 255 Å². The van der Waals surface area contributed by atoms with Crippen LogP contribution in [-0.2, 0) is 0 Å². The number of aromatic nitrogens is 2. The molecule has 1 aromatic heterocycles. The molecular weight excluding hydrogens is 781 g/mol. The largest absolute Gasteiger partial charge is 0.310 e. The minimum Gasteiger partial charge on any atom is -0.310 e. The molecule has 0 amide bonds. The molecule has 10 aromatic rings. The summed E-state index contributed by atoms with van der Waals surface area (Å²) in [4.78, 5) is 20.0. The van der Waals surface area contributed by atoms with Gasteiger partial charge in [0.2, 0.25) is 5.95 Å². The van der Waals surface area contributed by atoms with E-state index >= 15 is 0 Å². The fourth-order valence-corrected chi connectivity index (χ4v) is 8.59. The van der Waals surface area contributed by atoms with Gasteiger partial charge in [-0.05, 0) is 115 Å². The Morgan fingerprint density at radius 3 is 0.719 bits per heavy atom. The number of hydrogen-bond acceptors (Lipinski definition) is 6. The second-order valence-corrected chi connectivity index (χ2v) is 15.6. The number of para-hydroxylation sites is 3. The lowest BCUT2D eigenvalue weighted by atomic mass is 10.1. The third kappa shape index (κ3) is 7.50. The third-order valence-corrected chi connectivity index (χ3v) is 11.5. The highest BCUT2D eigenvalue weighted by Crippen LogP contribution is 2.46. The Morgan fingerprint density at radius 2 is 0.438 bits per heavy atom. The van der Waals surface area contributed by atoms with Crippen LogP contribution in [-0.4, -0.2) is 9.97 Å². The zero-order valence-corrected chi connectivity index (χ0v) is 34.9. The average molecular weight is 823 g/mol. The molecule has 1 aliphatic rings. The third-order valence-electron chi connectivity index (χ3n) is 11.5. The van der Waals surface area contributed by atoms with Crippen molar-refractivity contribution >= 4 is 68.5 Å². The van der Waals surface area contributed by atoms with Gasteiger partial charge < -0.3 is 14.7 Å². The fraction of sp³-hybridized carbons (Fsp3) is 0. The van der Waals surface area contributed by atoms with Crippen molar-refractivity contribution < 1.29 is 0 Å². The highest BCUT2D eigenvalue weighted by molar-refractivity contribution is 5.89. The first-order valence-corrected chi connectivity index (χ1v) is 21.5. The molecule has 9 aromatic carbocycles. The zero-order valence-electron chi connectivity index (χ0n) is 34.9.